The number of nitrogens with one attached hydrogen (secondary N) is 1. The van der Waals surface area contributed by atoms with Crippen molar-refractivity contribution in [2.24, 2.45) is 5.92 Å². The van der Waals surface area contributed by atoms with Gasteiger partial charge in [-0.2, -0.15) is 0 Å². The van der Waals surface area contributed by atoms with E-state index in [1.165, 1.54) is 32.1 Å². The van der Waals surface area contributed by atoms with Crippen molar-refractivity contribution >= 4 is 12.1 Å². The fraction of sp³-hybridized carbons (Fsp3) is 0.765. The molecule has 2 saturated carbocycles. The first-order valence-electron chi connectivity index (χ1n) is 8.42. The smallest absolute Gasteiger partial charge is 0.407 e. The van der Waals surface area contributed by atoms with Gasteiger partial charge >= 0.3 is 12.1 Å². The molecule has 2 fully saturated rings. The molecule has 0 atom stereocenters. The molecule has 1 amide bonds. The van der Waals surface area contributed by atoms with Crippen LogP contribution in [0, 0.1) is 5.92 Å². The Morgan fingerprint density at radius 2 is 1.82 bits per heavy atom. The topological polar surface area (TPSA) is 64.6 Å². The molecule has 22 heavy (non-hydrogen) atoms. The lowest BCUT2D eigenvalue weighted by Gasteiger charge is -2.41. The number of hydrogen-bond donors (Lipinski definition) is 1. The SMILES string of the molecule is C=CC(=O)OCCNC(=O)OC1(C2CCCC2)CCCCC1. The summed E-state index contributed by atoms with van der Waals surface area (Å²) >= 11 is 0. The zero-order chi connectivity index (χ0) is 15.8. The van der Waals surface area contributed by atoms with Gasteiger partial charge < -0.3 is 14.8 Å². The lowest BCUT2D eigenvalue weighted by atomic mass is 9.74. The fourth-order valence-corrected chi connectivity index (χ4v) is 3.78. The van der Waals surface area contributed by atoms with Gasteiger partial charge in [0.25, 0.3) is 0 Å². The van der Waals surface area contributed by atoms with Crippen LogP contribution in [-0.4, -0.2) is 30.8 Å². The number of amides is 1. The van der Waals surface area contributed by atoms with Crippen molar-refractivity contribution in [3.05, 3.63) is 12.7 Å². The lowest BCUT2D eigenvalue weighted by molar-refractivity contribution is -0.137. The van der Waals surface area contributed by atoms with Crippen molar-refractivity contribution in [3.63, 3.8) is 0 Å². The van der Waals surface area contributed by atoms with Crippen molar-refractivity contribution in [3.8, 4) is 0 Å². The highest BCUT2D eigenvalue weighted by Crippen LogP contribution is 2.45. The summed E-state index contributed by atoms with van der Waals surface area (Å²) in [6, 6.07) is 0. The van der Waals surface area contributed by atoms with Gasteiger partial charge in [-0.25, -0.2) is 9.59 Å². The molecule has 0 saturated heterocycles. The highest BCUT2D eigenvalue weighted by molar-refractivity contribution is 5.81. The second-order valence-corrected chi connectivity index (χ2v) is 6.29. The molecular weight excluding hydrogens is 282 g/mol. The van der Waals surface area contributed by atoms with E-state index in [0.717, 1.165) is 31.8 Å². The summed E-state index contributed by atoms with van der Waals surface area (Å²) in [5.74, 6) is 0.0296. The normalized spacial score (nSPS) is 21.1. The number of carbonyl (C=O) groups is 2. The molecule has 0 aromatic carbocycles. The Hall–Kier alpha value is -1.52. The summed E-state index contributed by atoms with van der Waals surface area (Å²) in [5.41, 5.74) is -0.267. The van der Waals surface area contributed by atoms with Crippen LogP contribution in [0.5, 0.6) is 0 Å². The first-order chi connectivity index (χ1) is 10.7. The average Bonchev–Trinajstić information content (AvgIpc) is 3.07. The van der Waals surface area contributed by atoms with Gasteiger partial charge in [0.15, 0.2) is 0 Å². The van der Waals surface area contributed by atoms with Gasteiger partial charge in [-0.3, -0.25) is 0 Å². The van der Waals surface area contributed by atoms with Crippen molar-refractivity contribution in [2.75, 3.05) is 13.2 Å². The van der Waals surface area contributed by atoms with Crippen LogP contribution in [0.2, 0.25) is 0 Å². The van der Waals surface area contributed by atoms with Gasteiger partial charge in [-0.05, 0) is 44.4 Å². The molecule has 0 aliphatic heterocycles. The Bertz CT molecular complexity index is 395. The first-order valence-corrected chi connectivity index (χ1v) is 8.42. The van der Waals surface area contributed by atoms with Gasteiger partial charge in [0.2, 0.25) is 0 Å². The van der Waals surface area contributed by atoms with Crippen molar-refractivity contribution < 1.29 is 19.1 Å². The van der Waals surface area contributed by atoms with E-state index in [2.05, 4.69) is 11.9 Å². The molecule has 2 aliphatic rings. The molecule has 2 aliphatic carbocycles. The third-order valence-corrected chi connectivity index (χ3v) is 4.88. The zero-order valence-electron chi connectivity index (χ0n) is 13.3. The highest BCUT2D eigenvalue weighted by atomic mass is 16.6. The minimum atomic E-state index is -0.482. The maximum atomic E-state index is 12.1. The van der Waals surface area contributed by atoms with Crippen LogP contribution < -0.4 is 5.32 Å². The summed E-state index contributed by atoms with van der Waals surface area (Å²) < 4.78 is 10.7. The number of hydrogen-bond acceptors (Lipinski definition) is 4. The summed E-state index contributed by atoms with van der Waals surface area (Å²) in [6.45, 7) is 3.72. The quantitative estimate of drug-likeness (QED) is 0.464. The number of carbonyl (C=O) groups excluding carboxylic acids is 2. The molecule has 0 heterocycles. The molecule has 5 nitrogen and oxygen atoms in total. The molecule has 0 aromatic heterocycles. The Morgan fingerprint density at radius 3 is 2.45 bits per heavy atom. The van der Waals surface area contributed by atoms with Gasteiger partial charge in [0, 0.05) is 6.08 Å². The standard InChI is InChI=1S/C17H27NO4/c1-2-15(19)21-13-12-18-16(20)22-17(10-6-3-7-11-17)14-8-4-5-9-14/h2,14H,1,3-13H2,(H,18,20). The summed E-state index contributed by atoms with van der Waals surface area (Å²) in [4.78, 5) is 23.0. The second kappa shape index (κ2) is 8.20. The molecular formula is C17H27NO4. The van der Waals surface area contributed by atoms with Crippen LogP contribution in [0.1, 0.15) is 57.8 Å². The predicted octanol–water partition coefficient (Wildman–Crippen LogP) is 3.33. The molecule has 0 unspecified atom stereocenters. The van der Waals surface area contributed by atoms with Crippen LogP contribution in [-0.2, 0) is 14.3 Å². The molecule has 0 spiro atoms. The van der Waals surface area contributed by atoms with E-state index in [1.807, 2.05) is 0 Å². The number of ether oxygens (including phenoxy) is 2. The minimum Gasteiger partial charge on any atom is -0.461 e. The molecule has 0 radical (unpaired) electrons. The largest absolute Gasteiger partial charge is 0.461 e. The van der Waals surface area contributed by atoms with E-state index in [4.69, 9.17) is 9.47 Å². The van der Waals surface area contributed by atoms with Crippen molar-refractivity contribution in [1.82, 2.24) is 5.32 Å². The summed E-state index contributed by atoms with van der Waals surface area (Å²) in [6.07, 6.45) is 11.0. The summed E-state index contributed by atoms with van der Waals surface area (Å²) in [5, 5.41) is 2.68. The highest BCUT2D eigenvalue weighted by Gasteiger charge is 2.44. The van der Waals surface area contributed by atoms with E-state index in [9.17, 15) is 9.59 Å². The average molecular weight is 309 g/mol. The van der Waals surface area contributed by atoms with E-state index in [0.29, 0.717) is 5.92 Å². The lowest BCUT2D eigenvalue weighted by Crippen LogP contribution is -2.46. The third kappa shape index (κ3) is 4.49. The van der Waals surface area contributed by atoms with E-state index < -0.39 is 5.97 Å². The first kappa shape index (κ1) is 16.8. The maximum absolute atomic E-state index is 12.1. The Kier molecular flexibility index (Phi) is 6.28. The fourth-order valence-electron chi connectivity index (χ4n) is 3.78. The van der Waals surface area contributed by atoms with Crippen molar-refractivity contribution in [2.45, 2.75) is 63.4 Å². The molecule has 124 valence electrons. The number of rotatable bonds is 6. The van der Waals surface area contributed by atoms with Gasteiger partial charge in [-0.15, -0.1) is 0 Å². The minimum absolute atomic E-state index is 0.135. The van der Waals surface area contributed by atoms with Crippen LogP contribution in [0.4, 0.5) is 4.79 Å². The van der Waals surface area contributed by atoms with Crippen molar-refractivity contribution in [1.29, 1.82) is 0 Å². The molecule has 1 N–H and O–H groups in total. The Balaban J connectivity index is 1.80. The molecule has 2 rings (SSSR count). The Morgan fingerprint density at radius 1 is 1.14 bits per heavy atom. The summed E-state index contributed by atoms with van der Waals surface area (Å²) in [7, 11) is 0. The van der Waals surface area contributed by atoms with Crippen LogP contribution in [0.25, 0.3) is 0 Å². The number of esters is 1. The van der Waals surface area contributed by atoms with Gasteiger partial charge in [-0.1, -0.05) is 25.8 Å². The van der Waals surface area contributed by atoms with Crippen LogP contribution in [0.15, 0.2) is 12.7 Å². The molecule has 0 bridgehead atoms. The third-order valence-electron chi connectivity index (χ3n) is 4.88. The van der Waals surface area contributed by atoms with Crippen LogP contribution in [0.3, 0.4) is 0 Å². The predicted molar refractivity (Wildman–Crippen MR) is 83.4 cm³/mol. The monoisotopic (exact) mass is 309 g/mol. The number of alkyl carbamates (subject to hydrolysis) is 1. The Labute approximate surface area is 132 Å². The van der Waals surface area contributed by atoms with E-state index in [-0.39, 0.29) is 24.8 Å². The van der Waals surface area contributed by atoms with Gasteiger partial charge in [0.05, 0.1) is 6.54 Å². The molecule has 0 aromatic rings. The zero-order valence-corrected chi connectivity index (χ0v) is 13.3. The maximum Gasteiger partial charge on any atom is 0.407 e. The van der Waals surface area contributed by atoms with E-state index >= 15 is 0 Å². The second-order valence-electron chi connectivity index (χ2n) is 6.29. The van der Waals surface area contributed by atoms with Gasteiger partial charge in [0.1, 0.15) is 12.2 Å². The van der Waals surface area contributed by atoms with Crippen LogP contribution >= 0.6 is 0 Å². The molecule has 5 heteroatoms. The van der Waals surface area contributed by atoms with E-state index in [1.54, 1.807) is 0 Å².